The molecule has 0 saturated carbocycles. The van der Waals surface area contributed by atoms with E-state index in [0.29, 0.717) is 5.39 Å². The van der Waals surface area contributed by atoms with E-state index in [0.717, 1.165) is 37.7 Å². The Morgan fingerprint density at radius 3 is 1.71 bits per heavy atom. The zero-order valence-corrected chi connectivity index (χ0v) is 14.6. The Kier molecular flexibility index (Phi) is 3.36. The van der Waals surface area contributed by atoms with Gasteiger partial charge in [-0.1, -0.05) is 54.6 Å². The monoisotopic (exact) mass is 366 g/mol. The summed E-state index contributed by atoms with van der Waals surface area (Å²) in [5, 5.41) is 26.2. The van der Waals surface area contributed by atoms with Gasteiger partial charge >= 0.3 is 11.9 Å². The molecule has 0 aliphatic rings. The first kappa shape index (κ1) is 16.3. The van der Waals surface area contributed by atoms with Crippen LogP contribution in [0.3, 0.4) is 0 Å². The molecule has 0 heterocycles. The highest BCUT2D eigenvalue weighted by molar-refractivity contribution is 6.23. The zero-order valence-electron chi connectivity index (χ0n) is 14.6. The van der Waals surface area contributed by atoms with E-state index < -0.39 is 11.9 Å². The first-order valence-corrected chi connectivity index (χ1v) is 8.82. The van der Waals surface area contributed by atoms with Crippen LogP contribution in [0.15, 0.2) is 72.8 Å². The van der Waals surface area contributed by atoms with Crippen LogP contribution in [0.2, 0.25) is 0 Å². The quantitative estimate of drug-likeness (QED) is 0.393. The molecule has 0 aromatic heterocycles. The summed E-state index contributed by atoms with van der Waals surface area (Å²) in [6.07, 6.45) is 0. The van der Waals surface area contributed by atoms with E-state index in [9.17, 15) is 19.8 Å². The van der Waals surface area contributed by atoms with Gasteiger partial charge < -0.3 is 10.2 Å². The van der Waals surface area contributed by atoms with Gasteiger partial charge in [0.15, 0.2) is 0 Å². The number of hydrogen-bond acceptors (Lipinski definition) is 2. The van der Waals surface area contributed by atoms with Crippen molar-refractivity contribution in [2.75, 3.05) is 0 Å². The van der Waals surface area contributed by atoms with E-state index >= 15 is 0 Å². The van der Waals surface area contributed by atoms with Crippen LogP contribution in [0.1, 0.15) is 20.7 Å². The highest BCUT2D eigenvalue weighted by Gasteiger charge is 2.12. The molecule has 2 N–H and O–H groups in total. The normalized spacial score (nSPS) is 11.4. The van der Waals surface area contributed by atoms with Crippen LogP contribution in [-0.2, 0) is 0 Å². The van der Waals surface area contributed by atoms with Crippen molar-refractivity contribution in [3.05, 3.63) is 83.9 Å². The number of fused-ring (bicyclic) bond motifs is 7. The van der Waals surface area contributed by atoms with Gasteiger partial charge in [-0.05, 0) is 61.3 Å². The van der Waals surface area contributed by atoms with Gasteiger partial charge in [-0.3, -0.25) is 0 Å². The molecule has 0 fully saturated rings. The number of carbonyl (C=O) groups is 2. The summed E-state index contributed by atoms with van der Waals surface area (Å²) in [6, 6.07) is 22.2. The van der Waals surface area contributed by atoms with Gasteiger partial charge in [0.2, 0.25) is 0 Å². The molecule has 0 aliphatic heterocycles. The highest BCUT2D eigenvalue weighted by Crippen LogP contribution is 2.35. The Morgan fingerprint density at radius 2 is 1.07 bits per heavy atom. The van der Waals surface area contributed by atoms with E-state index in [1.165, 1.54) is 0 Å². The summed E-state index contributed by atoms with van der Waals surface area (Å²) < 4.78 is 0. The largest absolute Gasteiger partial charge is 0.478 e. The second kappa shape index (κ2) is 5.79. The van der Waals surface area contributed by atoms with Crippen molar-refractivity contribution < 1.29 is 19.8 Å². The molecule has 0 amide bonds. The maximum atomic E-state index is 11.5. The van der Waals surface area contributed by atoms with Crippen LogP contribution >= 0.6 is 0 Å². The number of carboxylic acid groups (broad SMARTS) is 2. The summed E-state index contributed by atoms with van der Waals surface area (Å²) in [7, 11) is 0. The number of carboxylic acids is 2. The molecule has 4 heteroatoms. The van der Waals surface area contributed by atoms with Crippen molar-refractivity contribution in [1.29, 1.82) is 0 Å². The minimum atomic E-state index is -0.952. The minimum Gasteiger partial charge on any atom is -0.478 e. The minimum absolute atomic E-state index is 0.254. The maximum absolute atomic E-state index is 11.5. The van der Waals surface area contributed by atoms with Crippen LogP contribution in [0.4, 0.5) is 0 Å². The third kappa shape index (κ3) is 2.25. The molecule has 0 saturated heterocycles. The lowest BCUT2D eigenvalue weighted by Crippen LogP contribution is -1.97. The molecule has 5 aromatic carbocycles. The maximum Gasteiger partial charge on any atom is 0.336 e. The molecule has 0 radical (unpaired) electrons. The Hall–Kier alpha value is -3.92. The van der Waals surface area contributed by atoms with Gasteiger partial charge in [-0.25, -0.2) is 9.59 Å². The Bertz CT molecular complexity index is 1440. The molecule has 28 heavy (non-hydrogen) atoms. The predicted octanol–water partition coefficient (Wildman–Crippen LogP) is 5.70. The third-order valence-corrected chi connectivity index (χ3v) is 5.35. The van der Waals surface area contributed by atoms with Crippen molar-refractivity contribution in [2.24, 2.45) is 0 Å². The van der Waals surface area contributed by atoms with Crippen LogP contribution < -0.4 is 0 Å². The van der Waals surface area contributed by atoms with E-state index in [2.05, 4.69) is 0 Å². The molecular formula is C24H14O4. The van der Waals surface area contributed by atoms with Gasteiger partial charge in [0.1, 0.15) is 0 Å². The second-order valence-electron chi connectivity index (χ2n) is 6.83. The lowest BCUT2D eigenvalue weighted by Gasteiger charge is -2.11. The molecule has 5 rings (SSSR count). The zero-order chi connectivity index (χ0) is 19.4. The lowest BCUT2D eigenvalue weighted by atomic mass is 9.92. The molecule has 0 spiro atoms. The van der Waals surface area contributed by atoms with Crippen LogP contribution in [0, 0.1) is 0 Å². The fourth-order valence-electron chi connectivity index (χ4n) is 4.04. The summed E-state index contributed by atoms with van der Waals surface area (Å²) in [6.45, 7) is 0. The molecule has 0 aliphatic carbocycles. The molecule has 0 atom stereocenters. The third-order valence-electron chi connectivity index (χ3n) is 5.35. The first-order chi connectivity index (χ1) is 13.5. The fourth-order valence-corrected chi connectivity index (χ4v) is 4.04. The van der Waals surface area contributed by atoms with E-state index in [-0.39, 0.29) is 11.1 Å². The van der Waals surface area contributed by atoms with Crippen molar-refractivity contribution >= 4 is 55.0 Å². The first-order valence-electron chi connectivity index (χ1n) is 8.82. The number of rotatable bonds is 2. The average Bonchev–Trinajstić information content (AvgIpc) is 2.71. The summed E-state index contributed by atoms with van der Waals surface area (Å²) in [5.74, 6) is -1.90. The smallest absolute Gasteiger partial charge is 0.336 e. The SMILES string of the molecule is O=C(O)c1ccc2ccc3c(ccc4c5cccc(C(=O)O)c5ccc43)c2c1. The fraction of sp³-hybridized carbons (Fsp3) is 0. The van der Waals surface area contributed by atoms with E-state index in [1.807, 2.05) is 48.5 Å². The lowest BCUT2D eigenvalue weighted by molar-refractivity contribution is 0.0687. The van der Waals surface area contributed by atoms with Crippen molar-refractivity contribution in [3.63, 3.8) is 0 Å². The summed E-state index contributed by atoms with van der Waals surface area (Å²) in [4.78, 5) is 22.9. The standard InChI is InChI=1S/C24H14O4/c25-23(26)14-5-4-13-6-7-16-18-8-10-19-15(2-1-3-21(19)24(27)28)17(18)9-11-20(16)22(13)12-14/h1-12H,(H,25,26)(H,27,28). The molecule has 5 aromatic rings. The van der Waals surface area contributed by atoms with Gasteiger partial charge in [0.25, 0.3) is 0 Å². The Morgan fingerprint density at radius 1 is 0.536 bits per heavy atom. The predicted molar refractivity (Wildman–Crippen MR) is 110 cm³/mol. The van der Waals surface area contributed by atoms with Crippen molar-refractivity contribution in [2.45, 2.75) is 0 Å². The molecular weight excluding hydrogens is 352 g/mol. The molecule has 0 bridgehead atoms. The van der Waals surface area contributed by atoms with Crippen LogP contribution in [-0.4, -0.2) is 22.2 Å². The second-order valence-corrected chi connectivity index (χ2v) is 6.83. The van der Waals surface area contributed by atoms with Gasteiger partial charge in [0.05, 0.1) is 11.1 Å². The molecule has 4 nitrogen and oxygen atoms in total. The molecule has 0 unspecified atom stereocenters. The van der Waals surface area contributed by atoms with Crippen molar-refractivity contribution in [3.8, 4) is 0 Å². The van der Waals surface area contributed by atoms with Crippen LogP contribution in [0.25, 0.3) is 43.1 Å². The number of aromatic carboxylic acids is 2. The number of benzene rings is 5. The van der Waals surface area contributed by atoms with Gasteiger partial charge in [-0.2, -0.15) is 0 Å². The van der Waals surface area contributed by atoms with E-state index in [1.54, 1.807) is 24.3 Å². The summed E-state index contributed by atoms with van der Waals surface area (Å²) in [5.41, 5.74) is 0.536. The Balaban J connectivity index is 1.92. The average molecular weight is 366 g/mol. The molecule has 134 valence electrons. The number of hydrogen-bond donors (Lipinski definition) is 2. The topological polar surface area (TPSA) is 74.6 Å². The van der Waals surface area contributed by atoms with Gasteiger partial charge in [-0.15, -0.1) is 0 Å². The summed E-state index contributed by atoms with van der Waals surface area (Å²) >= 11 is 0. The van der Waals surface area contributed by atoms with Crippen molar-refractivity contribution in [1.82, 2.24) is 0 Å². The Labute approximate surface area is 159 Å². The van der Waals surface area contributed by atoms with Gasteiger partial charge in [0, 0.05) is 0 Å². The van der Waals surface area contributed by atoms with Crippen LogP contribution in [0.5, 0.6) is 0 Å². The highest BCUT2D eigenvalue weighted by atomic mass is 16.4. The van der Waals surface area contributed by atoms with E-state index in [4.69, 9.17) is 0 Å².